The van der Waals surface area contributed by atoms with Gasteiger partial charge >= 0.3 is 11.7 Å². The Morgan fingerprint density at radius 3 is 2.33 bits per heavy atom. The molecule has 0 aliphatic rings. The minimum absolute atomic E-state index is 0.0169. The number of hydrogen-bond donors (Lipinski definition) is 5. The average molecular weight is 552 g/mol. The van der Waals surface area contributed by atoms with Crippen molar-refractivity contribution in [3.05, 3.63) is 81.1 Å². The summed E-state index contributed by atoms with van der Waals surface area (Å²) in [5, 5.41) is 15.5. The lowest BCUT2D eigenvalue weighted by Gasteiger charge is -2.23. The summed E-state index contributed by atoms with van der Waals surface area (Å²) in [7, 11) is 0. The van der Waals surface area contributed by atoms with Crippen LogP contribution in [0.25, 0.3) is 21.8 Å². The Balaban J connectivity index is 1.68. The van der Waals surface area contributed by atoms with Gasteiger partial charge < -0.3 is 25.7 Å². The number of para-hydroxylation sites is 2. The van der Waals surface area contributed by atoms with Crippen LogP contribution in [0.4, 0.5) is 0 Å². The number of nitrogens with one attached hydrogen (secondary N) is 4. The van der Waals surface area contributed by atoms with Crippen molar-refractivity contribution < 1.29 is 19.5 Å². The van der Waals surface area contributed by atoms with Crippen molar-refractivity contribution in [3.8, 4) is 0 Å². The van der Waals surface area contributed by atoms with Gasteiger partial charge in [0.05, 0.1) is 10.9 Å². The zero-order chi connectivity index (χ0) is 28.1. The number of aromatic amines is 2. The number of thioether (sulfide) groups is 1. The number of carboxylic acids is 1. The van der Waals surface area contributed by atoms with E-state index in [9.17, 15) is 29.1 Å². The lowest BCUT2D eigenvalue weighted by atomic mass is 10.0. The number of fused-ring (bicyclic) bond motifs is 2. The molecule has 0 bridgehead atoms. The summed E-state index contributed by atoms with van der Waals surface area (Å²) in [4.78, 5) is 70.3. The van der Waals surface area contributed by atoms with Gasteiger partial charge in [0.15, 0.2) is 0 Å². The molecule has 0 aliphatic heterocycles. The van der Waals surface area contributed by atoms with Crippen LogP contribution in [0.2, 0.25) is 0 Å². The van der Waals surface area contributed by atoms with E-state index in [4.69, 9.17) is 0 Å². The van der Waals surface area contributed by atoms with Gasteiger partial charge in [0.1, 0.15) is 18.1 Å². The van der Waals surface area contributed by atoms with E-state index < -0.39 is 47.2 Å². The Hall–Kier alpha value is -4.32. The van der Waals surface area contributed by atoms with E-state index in [2.05, 4.69) is 20.6 Å². The van der Waals surface area contributed by atoms with Crippen LogP contribution in [0.15, 0.2) is 64.3 Å². The quantitative estimate of drug-likeness (QED) is 0.189. The maximum Gasteiger partial charge on any atom is 0.329 e. The average Bonchev–Trinajstić information content (AvgIpc) is 3.32. The van der Waals surface area contributed by atoms with Crippen molar-refractivity contribution in [1.82, 2.24) is 25.2 Å². The van der Waals surface area contributed by atoms with Crippen molar-refractivity contribution in [1.29, 1.82) is 0 Å². The number of carboxylic acid groups (broad SMARTS) is 1. The number of aromatic nitrogens is 3. The predicted molar refractivity (Wildman–Crippen MR) is 150 cm³/mol. The Morgan fingerprint density at radius 2 is 1.64 bits per heavy atom. The molecule has 2 amide bonds. The smallest absolute Gasteiger partial charge is 0.329 e. The van der Waals surface area contributed by atoms with Gasteiger partial charge in [-0.05, 0) is 49.1 Å². The monoisotopic (exact) mass is 551 g/mol. The third-order valence-electron chi connectivity index (χ3n) is 6.52. The molecule has 0 aliphatic carbocycles. The van der Waals surface area contributed by atoms with Crippen LogP contribution < -0.4 is 21.9 Å². The van der Waals surface area contributed by atoms with Gasteiger partial charge in [-0.15, -0.1) is 0 Å². The molecule has 0 fully saturated rings. The number of H-pyrrole nitrogens is 2. The van der Waals surface area contributed by atoms with Crippen LogP contribution in [0.5, 0.6) is 0 Å². The molecule has 2 aromatic carbocycles. The molecule has 3 unspecified atom stereocenters. The molecule has 4 aromatic rings. The molecule has 2 aromatic heterocycles. The van der Waals surface area contributed by atoms with Crippen LogP contribution in [0.1, 0.15) is 24.9 Å². The topological polar surface area (TPSA) is 166 Å². The fraction of sp³-hybridized carbons (Fsp3) is 0.296. The summed E-state index contributed by atoms with van der Waals surface area (Å²) in [6.45, 7) is 1.41. The largest absolute Gasteiger partial charge is 0.480 e. The first-order chi connectivity index (χ1) is 18.7. The minimum Gasteiger partial charge on any atom is -0.480 e. The highest BCUT2D eigenvalue weighted by atomic mass is 32.2. The second-order valence-electron chi connectivity index (χ2n) is 9.14. The summed E-state index contributed by atoms with van der Waals surface area (Å²) in [6.07, 6.45) is 3.74. The molecular formula is C27H29N5O6S. The fourth-order valence-corrected chi connectivity index (χ4v) is 4.91. The molecule has 11 nitrogen and oxygen atoms in total. The number of carbonyl (C=O) groups is 3. The van der Waals surface area contributed by atoms with Gasteiger partial charge in [-0.1, -0.05) is 30.3 Å². The zero-order valence-corrected chi connectivity index (χ0v) is 22.2. The van der Waals surface area contributed by atoms with Gasteiger partial charge in [0, 0.05) is 23.5 Å². The highest BCUT2D eigenvalue weighted by molar-refractivity contribution is 7.98. The molecule has 3 atom stereocenters. The van der Waals surface area contributed by atoms with E-state index in [1.807, 2.05) is 30.5 Å². The van der Waals surface area contributed by atoms with E-state index in [1.165, 1.54) is 18.7 Å². The number of rotatable bonds is 11. The summed E-state index contributed by atoms with van der Waals surface area (Å²) in [5.41, 5.74) is 0.454. The summed E-state index contributed by atoms with van der Waals surface area (Å²) in [6, 6.07) is 10.4. The van der Waals surface area contributed by atoms with Crippen molar-refractivity contribution in [2.75, 3.05) is 12.0 Å². The van der Waals surface area contributed by atoms with Gasteiger partial charge in [-0.3, -0.25) is 14.4 Å². The summed E-state index contributed by atoms with van der Waals surface area (Å²) < 4.78 is 0.864. The van der Waals surface area contributed by atoms with Crippen LogP contribution >= 0.6 is 11.8 Å². The molecule has 0 spiro atoms. The molecule has 204 valence electrons. The van der Waals surface area contributed by atoms with Crippen LogP contribution in [0, 0.1) is 0 Å². The Labute approximate surface area is 227 Å². The molecule has 0 saturated heterocycles. The van der Waals surface area contributed by atoms with Crippen LogP contribution in [-0.4, -0.2) is 61.5 Å². The lowest BCUT2D eigenvalue weighted by molar-refractivity contribution is -0.142. The number of nitrogens with zero attached hydrogens (tertiary/aromatic N) is 1. The van der Waals surface area contributed by atoms with E-state index in [0.717, 1.165) is 15.5 Å². The summed E-state index contributed by atoms with van der Waals surface area (Å²) in [5.74, 6) is -2.08. The standard InChI is InChI=1S/C27H29N5O6S/c1-15(23(33)30-21(26(36)37)11-12-39-2)29-24(34)22(13-16-14-28-19-9-5-3-7-17(16)19)32-25(35)18-8-4-6-10-20(18)31-27(32)38/h3-10,14-15,21-22,28H,11-13H2,1-2H3,(H,29,34)(H,30,33)(H,31,38)(H,36,37). The third-order valence-corrected chi connectivity index (χ3v) is 7.16. The molecule has 39 heavy (non-hydrogen) atoms. The van der Waals surface area contributed by atoms with Gasteiger partial charge in [-0.2, -0.15) is 11.8 Å². The van der Waals surface area contributed by atoms with Crippen molar-refractivity contribution in [2.45, 2.75) is 37.9 Å². The molecular weight excluding hydrogens is 522 g/mol. The minimum atomic E-state index is -1.30. The van der Waals surface area contributed by atoms with E-state index in [0.29, 0.717) is 16.8 Å². The number of benzene rings is 2. The van der Waals surface area contributed by atoms with E-state index >= 15 is 0 Å². The highest BCUT2D eigenvalue weighted by Crippen LogP contribution is 2.22. The van der Waals surface area contributed by atoms with Gasteiger partial charge in [0.25, 0.3) is 5.56 Å². The number of aliphatic carboxylic acids is 1. The molecule has 0 saturated carbocycles. The molecule has 2 heterocycles. The maximum atomic E-state index is 13.6. The molecule has 12 heteroatoms. The first-order valence-corrected chi connectivity index (χ1v) is 13.7. The number of carbonyl (C=O) groups excluding carboxylic acids is 2. The SMILES string of the molecule is CSCCC(NC(=O)C(C)NC(=O)C(Cc1c[nH]c2ccccc12)n1c(=O)[nH]c2ccccc2c1=O)C(=O)O. The normalized spacial score (nSPS) is 13.6. The van der Waals surface area contributed by atoms with E-state index in [-0.39, 0.29) is 18.2 Å². The van der Waals surface area contributed by atoms with Crippen molar-refractivity contribution in [3.63, 3.8) is 0 Å². The molecule has 4 rings (SSSR count). The number of amides is 2. The van der Waals surface area contributed by atoms with Crippen molar-refractivity contribution >= 4 is 51.4 Å². The lowest BCUT2D eigenvalue weighted by Crippen LogP contribution is -2.53. The first kappa shape index (κ1) is 27.7. The highest BCUT2D eigenvalue weighted by Gasteiger charge is 2.30. The van der Waals surface area contributed by atoms with Crippen LogP contribution in [0.3, 0.4) is 0 Å². The van der Waals surface area contributed by atoms with Crippen LogP contribution in [-0.2, 0) is 20.8 Å². The Bertz CT molecular complexity index is 1640. The fourth-order valence-electron chi connectivity index (χ4n) is 4.43. The van der Waals surface area contributed by atoms with Gasteiger partial charge in [-0.25, -0.2) is 14.2 Å². The Morgan fingerprint density at radius 1 is 0.974 bits per heavy atom. The van der Waals surface area contributed by atoms with Gasteiger partial charge in [0.2, 0.25) is 11.8 Å². The number of hydrogen-bond acceptors (Lipinski definition) is 6. The molecule has 5 N–H and O–H groups in total. The second kappa shape index (κ2) is 12.0. The Kier molecular flexibility index (Phi) is 8.55. The third kappa shape index (κ3) is 6.06. The van der Waals surface area contributed by atoms with E-state index in [1.54, 1.807) is 30.5 Å². The van der Waals surface area contributed by atoms with Crippen molar-refractivity contribution in [2.24, 2.45) is 0 Å². The molecule has 0 radical (unpaired) electrons. The second-order valence-corrected chi connectivity index (χ2v) is 10.1. The first-order valence-electron chi connectivity index (χ1n) is 12.3. The zero-order valence-electron chi connectivity index (χ0n) is 21.4. The summed E-state index contributed by atoms with van der Waals surface area (Å²) >= 11 is 1.45. The predicted octanol–water partition coefficient (Wildman–Crippen LogP) is 1.78. The maximum absolute atomic E-state index is 13.6.